The van der Waals surface area contributed by atoms with Gasteiger partial charge in [0.2, 0.25) is 5.82 Å². The van der Waals surface area contributed by atoms with E-state index in [4.69, 9.17) is 6.57 Å². The predicted octanol–water partition coefficient (Wildman–Crippen LogP) is 5.43. The molecule has 0 saturated carbocycles. The lowest BCUT2D eigenvalue weighted by Crippen LogP contribution is -2.17. The molecule has 0 spiro atoms. The molecule has 25 heavy (non-hydrogen) atoms. The molecule has 0 aliphatic heterocycles. The molecule has 0 amide bonds. The third-order valence-corrected chi connectivity index (χ3v) is 3.36. The smallest absolute Gasteiger partial charge is 0.275 e. The molecule has 136 valence electrons. The third-order valence-electron chi connectivity index (χ3n) is 3.36. The van der Waals surface area contributed by atoms with Crippen LogP contribution >= 0.6 is 0 Å². The zero-order valence-corrected chi connectivity index (χ0v) is 16.0. The highest BCUT2D eigenvalue weighted by Gasteiger charge is 2.27. The highest BCUT2D eigenvalue weighted by Crippen LogP contribution is 2.34. The summed E-state index contributed by atoms with van der Waals surface area (Å²) in [5.41, 5.74) is 0.282. The Morgan fingerprint density at radius 1 is 1.16 bits per heavy atom. The minimum atomic E-state index is -1.33. The van der Waals surface area contributed by atoms with Gasteiger partial charge in [-0.3, -0.25) is 14.7 Å². The number of hydrogen-bond donors (Lipinski definition) is 1. The fourth-order valence-corrected chi connectivity index (χ4v) is 2.25. The van der Waals surface area contributed by atoms with Crippen LogP contribution in [0.5, 0.6) is 0 Å². The average Bonchev–Trinajstić information content (AvgIpc) is 2.97. The van der Waals surface area contributed by atoms with Gasteiger partial charge in [-0.15, -0.1) is 0 Å². The zero-order valence-electron chi connectivity index (χ0n) is 16.0. The molecule has 1 N–H and O–H groups in total. The first-order valence-electron chi connectivity index (χ1n) is 8.30. The van der Waals surface area contributed by atoms with Gasteiger partial charge in [0.15, 0.2) is 0 Å². The predicted molar refractivity (Wildman–Crippen MR) is 102 cm³/mol. The number of rotatable bonds is 3. The SMILES string of the molecule is CC.CC.[C-]#[N+]c1ccc(-c2ccc([N+](=O)[O-])c(C(C)(C)O)c2)n1C. The molecule has 0 atom stereocenters. The summed E-state index contributed by atoms with van der Waals surface area (Å²) in [6.07, 6.45) is 0. The summed E-state index contributed by atoms with van der Waals surface area (Å²) in [7, 11) is 1.76. The number of benzene rings is 1. The summed E-state index contributed by atoms with van der Waals surface area (Å²) in [5, 5.41) is 21.2. The number of nitro groups is 1. The molecule has 1 aromatic heterocycles. The molecule has 2 aromatic rings. The average molecular weight is 345 g/mol. The van der Waals surface area contributed by atoms with Crippen molar-refractivity contribution in [2.24, 2.45) is 7.05 Å². The topological polar surface area (TPSA) is 72.7 Å². The van der Waals surface area contributed by atoms with Gasteiger partial charge >= 0.3 is 0 Å². The van der Waals surface area contributed by atoms with Crippen molar-refractivity contribution < 1.29 is 10.0 Å². The fourth-order valence-electron chi connectivity index (χ4n) is 2.25. The van der Waals surface area contributed by atoms with E-state index >= 15 is 0 Å². The van der Waals surface area contributed by atoms with Crippen LogP contribution in [0, 0.1) is 16.7 Å². The molecule has 0 aliphatic carbocycles. The van der Waals surface area contributed by atoms with Crippen LogP contribution in [0.1, 0.15) is 47.1 Å². The van der Waals surface area contributed by atoms with Crippen LogP contribution in [0.3, 0.4) is 0 Å². The molecule has 0 fully saturated rings. The van der Waals surface area contributed by atoms with Gasteiger partial charge in [-0.25, -0.2) is 0 Å². The minimum absolute atomic E-state index is 0.120. The highest BCUT2D eigenvalue weighted by molar-refractivity contribution is 5.68. The molecule has 0 aliphatic rings. The molecular formula is C19H27N3O3. The molecule has 0 unspecified atom stereocenters. The van der Waals surface area contributed by atoms with Crippen LogP contribution in [0.2, 0.25) is 0 Å². The summed E-state index contributed by atoms with van der Waals surface area (Å²) < 4.78 is 1.71. The molecule has 1 heterocycles. The summed E-state index contributed by atoms with van der Waals surface area (Å²) in [5.74, 6) is 0.480. The number of aliphatic hydroxyl groups is 1. The van der Waals surface area contributed by atoms with Gasteiger partial charge in [0.05, 0.1) is 23.1 Å². The van der Waals surface area contributed by atoms with Crippen LogP contribution in [0.15, 0.2) is 30.3 Å². The van der Waals surface area contributed by atoms with Gasteiger partial charge in [0.25, 0.3) is 5.69 Å². The Kier molecular flexibility index (Phi) is 8.58. The quantitative estimate of drug-likeness (QED) is 0.458. The van der Waals surface area contributed by atoms with Crippen LogP contribution in [-0.4, -0.2) is 14.6 Å². The van der Waals surface area contributed by atoms with Crippen molar-refractivity contribution in [1.29, 1.82) is 0 Å². The highest BCUT2D eigenvalue weighted by atomic mass is 16.6. The Bertz CT molecular complexity index is 750. The first kappa shape index (κ1) is 22.4. The molecular weight excluding hydrogens is 318 g/mol. The molecule has 0 bridgehead atoms. The van der Waals surface area contributed by atoms with Gasteiger partial charge in [0, 0.05) is 11.6 Å². The van der Waals surface area contributed by atoms with E-state index in [-0.39, 0.29) is 11.3 Å². The Morgan fingerprint density at radius 3 is 2.12 bits per heavy atom. The Hall–Kier alpha value is -2.65. The minimum Gasteiger partial charge on any atom is -0.385 e. The second-order valence-corrected chi connectivity index (χ2v) is 5.30. The summed E-state index contributed by atoms with van der Waals surface area (Å²) >= 11 is 0. The van der Waals surface area contributed by atoms with Crippen molar-refractivity contribution in [2.45, 2.75) is 47.1 Å². The van der Waals surface area contributed by atoms with E-state index < -0.39 is 10.5 Å². The number of nitrogens with zero attached hydrogens (tertiary/aromatic N) is 3. The second kappa shape index (κ2) is 9.60. The van der Waals surface area contributed by atoms with Gasteiger partial charge in [-0.1, -0.05) is 34.3 Å². The lowest BCUT2D eigenvalue weighted by atomic mass is 9.94. The lowest BCUT2D eigenvalue weighted by molar-refractivity contribution is -0.386. The van der Waals surface area contributed by atoms with Crippen molar-refractivity contribution in [3.63, 3.8) is 0 Å². The number of aromatic nitrogens is 1. The van der Waals surface area contributed by atoms with E-state index in [1.807, 2.05) is 27.7 Å². The molecule has 1 aromatic carbocycles. The maximum atomic E-state index is 11.1. The van der Waals surface area contributed by atoms with Gasteiger partial charge < -0.3 is 9.95 Å². The third kappa shape index (κ3) is 5.16. The molecule has 0 saturated heterocycles. The molecule has 6 heteroatoms. The number of nitro benzene ring substituents is 1. The first-order chi connectivity index (χ1) is 11.8. The summed E-state index contributed by atoms with van der Waals surface area (Å²) in [6.45, 7) is 18.1. The summed E-state index contributed by atoms with van der Waals surface area (Å²) in [4.78, 5) is 14.0. The zero-order chi connectivity index (χ0) is 19.8. The first-order valence-corrected chi connectivity index (χ1v) is 8.30. The second-order valence-electron chi connectivity index (χ2n) is 5.30. The van der Waals surface area contributed by atoms with Crippen LogP contribution in [-0.2, 0) is 12.6 Å². The Balaban J connectivity index is 0.00000134. The van der Waals surface area contributed by atoms with E-state index in [9.17, 15) is 15.2 Å². The van der Waals surface area contributed by atoms with Gasteiger partial charge in [0.1, 0.15) is 5.69 Å². The number of hydrogen-bond acceptors (Lipinski definition) is 3. The van der Waals surface area contributed by atoms with E-state index in [0.717, 1.165) is 11.3 Å². The van der Waals surface area contributed by atoms with Crippen molar-refractivity contribution >= 4 is 11.5 Å². The van der Waals surface area contributed by atoms with E-state index in [1.54, 1.807) is 35.9 Å². The Labute approximate surface area is 149 Å². The molecule has 6 nitrogen and oxygen atoms in total. The monoisotopic (exact) mass is 345 g/mol. The van der Waals surface area contributed by atoms with Crippen LogP contribution in [0.4, 0.5) is 11.5 Å². The van der Waals surface area contributed by atoms with E-state index in [0.29, 0.717) is 5.82 Å². The molecule has 0 radical (unpaired) electrons. The largest absolute Gasteiger partial charge is 0.385 e. The standard InChI is InChI=1S/C15H15N3O3.2C2H6/c1-15(2,19)11-9-10(5-6-13(11)18(20)21)12-7-8-14(16-3)17(12)4;2*1-2/h5-9,19H,1-2,4H3;2*1-2H3. The van der Waals surface area contributed by atoms with Gasteiger partial charge in [-0.2, -0.15) is 0 Å². The maximum Gasteiger partial charge on any atom is 0.275 e. The van der Waals surface area contributed by atoms with Crippen molar-refractivity contribution in [3.05, 3.63) is 57.4 Å². The molecule has 2 rings (SSSR count). The van der Waals surface area contributed by atoms with Crippen molar-refractivity contribution in [2.75, 3.05) is 0 Å². The normalized spacial score (nSPS) is 9.88. The maximum absolute atomic E-state index is 11.1. The van der Waals surface area contributed by atoms with Gasteiger partial charge in [-0.05, 0) is 38.1 Å². The fraction of sp³-hybridized carbons (Fsp3) is 0.421. The van der Waals surface area contributed by atoms with Crippen LogP contribution < -0.4 is 0 Å². The van der Waals surface area contributed by atoms with Crippen molar-refractivity contribution in [1.82, 2.24) is 4.57 Å². The summed E-state index contributed by atoms with van der Waals surface area (Å²) in [6, 6.07) is 8.07. The van der Waals surface area contributed by atoms with Crippen molar-refractivity contribution in [3.8, 4) is 11.3 Å². The van der Waals surface area contributed by atoms with Crippen LogP contribution in [0.25, 0.3) is 16.1 Å². The van der Waals surface area contributed by atoms with E-state index in [1.165, 1.54) is 19.9 Å². The van der Waals surface area contributed by atoms with E-state index in [2.05, 4.69) is 4.85 Å². The Morgan fingerprint density at radius 2 is 1.72 bits per heavy atom. The lowest BCUT2D eigenvalue weighted by Gasteiger charge is -2.18.